The number of benzene rings is 2. The Hall–Kier alpha value is -1.62. The number of allylic oxidation sites excluding steroid dienone is 2. The van der Waals surface area contributed by atoms with Crippen molar-refractivity contribution in [2.24, 2.45) is 0 Å². The maximum atomic E-state index is 6.27. The van der Waals surface area contributed by atoms with Crippen molar-refractivity contribution in [1.29, 1.82) is 0 Å². The molecule has 1 fully saturated rings. The summed E-state index contributed by atoms with van der Waals surface area (Å²) in [5.74, 6) is 0. The topological polar surface area (TPSA) is 18.5 Å². The Bertz CT molecular complexity index is 890. The Morgan fingerprint density at radius 3 is 2.00 bits per heavy atom. The van der Waals surface area contributed by atoms with Gasteiger partial charge in [-0.25, -0.2) is 0 Å². The van der Waals surface area contributed by atoms with E-state index in [1.807, 2.05) is 0 Å². The Morgan fingerprint density at radius 2 is 1.45 bits per heavy atom. The molecule has 1 aliphatic rings. The van der Waals surface area contributed by atoms with Crippen LogP contribution in [0.2, 0.25) is 25.0 Å². The van der Waals surface area contributed by atoms with Crippen LogP contribution in [-0.4, -0.2) is 26.4 Å². The molecule has 1 aliphatic heterocycles. The van der Waals surface area contributed by atoms with Crippen LogP contribution < -0.4 is 5.19 Å². The fraction of sp³-hybridized carbons (Fsp3) is 0.517. The Balaban J connectivity index is 1.91. The highest BCUT2D eigenvalue weighted by molar-refractivity contribution is 6.92. The first-order valence-corrected chi connectivity index (χ1v) is 15.8. The van der Waals surface area contributed by atoms with Crippen molar-refractivity contribution in [3.63, 3.8) is 0 Å². The zero-order valence-corrected chi connectivity index (χ0v) is 22.9. The highest BCUT2D eigenvalue weighted by Crippen LogP contribution is 2.42. The second kappa shape index (κ2) is 10.8. The number of rotatable bonds is 10. The molecular weight excluding hydrogens is 419 g/mol. The van der Waals surface area contributed by atoms with Crippen molar-refractivity contribution >= 4 is 26.0 Å². The molecular formula is C29H43BO2Si. The number of hydrogen-bond donors (Lipinski definition) is 0. The lowest BCUT2D eigenvalue weighted by atomic mass is 9.82. The molecule has 2 nitrogen and oxygen atoms in total. The molecule has 1 unspecified atom stereocenters. The van der Waals surface area contributed by atoms with E-state index in [1.54, 1.807) is 5.19 Å². The van der Waals surface area contributed by atoms with Gasteiger partial charge in [-0.2, -0.15) is 0 Å². The van der Waals surface area contributed by atoms with E-state index in [-0.39, 0.29) is 18.3 Å². The van der Waals surface area contributed by atoms with Crippen LogP contribution in [0.15, 0.2) is 66.7 Å². The van der Waals surface area contributed by atoms with Crippen molar-refractivity contribution < 1.29 is 9.31 Å². The maximum Gasteiger partial charge on any atom is 0.458 e. The van der Waals surface area contributed by atoms with Crippen LogP contribution in [0.4, 0.5) is 0 Å². The minimum Gasteiger partial charge on any atom is -0.403 e. The van der Waals surface area contributed by atoms with Crippen LogP contribution in [0.25, 0.3) is 5.57 Å². The minimum absolute atomic E-state index is 0.142. The quantitative estimate of drug-likeness (QED) is 0.336. The summed E-state index contributed by atoms with van der Waals surface area (Å²) in [4.78, 5) is 0. The van der Waals surface area contributed by atoms with Crippen LogP contribution in [-0.2, 0) is 9.31 Å². The van der Waals surface area contributed by atoms with Gasteiger partial charge in [-0.1, -0.05) is 105 Å². The fourth-order valence-electron chi connectivity index (χ4n) is 4.93. The molecule has 0 bridgehead atoms. The zero-order valence-electron chi connectivity index (χ0n) is 21.9. The molecule has 178 valence electrons. The van der Waals surface area contributed by atoms with E-state index < -0.39 is 8.07 Å². The van der Waals surface area contributed by atoms with Crippen LogP contribution in [0.1, 0.15) is 65.9 Å². The van der Waals surface area contributed by atoms with E-state index in [0.29, 0.717) is 5.54 Å². The van der Waals surface area contributed by atoms with Gasteiger partial charge in [0, 0.05) is 0 Å². The lowest BCUT2D eigenvalue weighted by Crippen LogP contribution is -2.46. The van der Waals surface area contributed by atoms with Crippen molar-refractivity contribution in [3.05, 3.63) is 72.3 Å². The zero-order chi connectivity index (χ0) is 24.1. The van der Waals surface area contributed by atoms with Gasteiger partial charge < -0.3 is 9.31 Å². The fourth-order valence-corrected chi connectivity index (χ4v) is 8.37. The predicted octanol–water partition coefficient (Wildman–Crippen LogP) is 7.73. The van der Waals surface area contributed by atoms with E-state index in [2.05, 4.69) is 114 Å². The minimum atomic E-state index is -1.75. The van der Waals surface area contributed by atoms with Gasteiger partial charge in [-0.05, 0) is 63.5 Å². The smallest absolute Gasteiger partial charge is 0.403 e. The maximum absolute atomic E-state index is 6.27. The summed E-state index contributed by atoms with van der Waals surface area (Å²) >= 11 is 0. The first kappa shape index (κ1) is 26.0. The van der Waals surface area contributed by atoms with Crippen molar-refractivity contribution in [2.75, 3.05) is 0 Å². The largest absolute Gasteiger partial charge is 0.458 e. The molecule has 1 atom stereocenters. The van der Waals surface area contributed by atoms with Crippen LogP contribution in [0.3, 0.4) is 0 Å². The summed E-state index contributed by atoms with van der Waals surface area (Å²) in [6.45, 7) is 15.9. The lowest BCUT2D eigenvalue weighted by molar-refractivity contribution is 0.00578. The van der Waals surface area contributed by atoms with E-state index in [4.69, 9.17) is 9.31 Å². The summed E-state index contributed by atoms with van der Waals surface area (Å²) in [5, 5.41) is 1.54. The second-order valence-electron chi connectivity index (χ2n) is 11.1. The lowest BCUT2D eigenvalue weighted by Gasteiger charge is -2.36. The summed E-state index contributed by atoms with van der Waals surface area (Å²) in [6, 6.07) is 22.3. The van der Waals surface area contributed by atoms with E-state index in [1.165, 1.54) is 30.4 Å². The molecule has 33 heavy (non-hydrogen) atoms. The average molecular weight is 463 g/mol. The third-order valence-corrected chi connectivity index (χ3v) is 11.9. The molecule has 1 heterocycles. The molecule has 1 saturated heterocycles. The molecule has 0 amide bonds. The van der Waals surface area contributed by atoms with E-state index >= 15 is 0 Å². The van der Waals surface area contributed by atoms with Crippen LogP contribution in [0, 0.1) is 0 Å². The molecule has 0 aromatic heterocycles. The highest BCUT2D eigenvalue weighted by Gasteiger charge is 2.50. The molecule has 2 aromatic carbocycles. The molecule has 0 saturated carbocycles. The van der Waals surface area contributed by atoms with E-state index in [9.17, 15) is 0 Å². The Morgan fingerprint density at radius 1 is 0.909 bits per heavy atom. The Kier molecular flexibility index (Phi) is 8.47. The molecule has 2 aromatic rings. The number of hydrogen-bond acceptors (Lipinski definition) is 2. The third kappa shape index (κ3) is 6.09. The van der Waals surface area contributed by atoms with Crippen molar-refractivity contribution in [2.45, 2.75) is 96.5 Å². The molecule has 0 N–H and O–H groups in total. The van der Waals surface area contributed by atoms with Crippen LogP contribution >= 0.6 is 0 Å². The van der Waals surface area contributed by atoms with Gasteiger partial charge in [0.05, 0.1) is 19.3 Å². The Labute approximate surface area is 203 Å². The van der Waals surface area contributed by atoms with Gasteiger partial charge in [0.1, 0.15) is 0 Å². The molecule has 3 rings (SSSR count). The van der Waals surface area contributed by atoms with Gasteiger partial charge in [-0.15, -0.1) is 0 Å². The second-order valence-corrected chi connectivity index (χ2v) is 15.8. The SMILES string of the molecule is CCCCC(/C(=C/CCB1OC(C)(C)C(C)(C)O1)c1ccccc1)[Si](C)(C)c1ccccc1. The third-order valence-electron chi connectivity index (χ3n) is 7.79. The van der Waals surface area contributed by atoms with Crippen molar-refractivity contribution in [1.82, 2.24) is 0 Å². The first-order chi connectivity index (χ1) is 15.6. The predicted molar refractivity (Wildman–Crippen MR) is 147 cm³/mol. The molecule has 4 heteroatoms. The van der Waals surface area contributed by atoms with Crippen LogP contribution in [0.5, 0.6) is 0 Å². The van der Waals surface area contributed by atoms with Gasteiger partial charge in [0.15, 0.2) is 0 Å². The van der Waals surface area contributed by atoms with Gasteiger partial charge in [0.2, 0.25) is 0 Å². The number of unbranched alkanes of at least 4 members (excludes halogenated alkanes) is 1. The van der Waals surface area contributed by atoms with Gasteiger partial charge >= 0.3 is 7.12 Å². The molecule has 0 spiro atoms. The summed E-state index contributed by atoms with van der Waals surface area (Å²) < 4.78 is 12.5. The standard InChI is InChI=1S/C29H43BO2Si/c1-8-9-22-27(33(6,7)25-19-14-11-15-20-25)26(24-17-12-10-13-18-24)21-16-23-30-31-28(2,3)29(4,5)32-30/h10-15,17-21,27H,8-9,16,22-23H2,1-7H3/b26-21+. The molecule has 0 radical (unpaired) electrons. The summed E-state index contributed by atoms with van der Waals surface area (Å²) in [6.07, 6.45) is 8.07. The van der Waals surface area contributed by atoms with Crippen molar-refractivity contribution in [3.8, 4) is 0 Å². The van der Waals surface area contributed by atoms with Gasteiger partial charge in [0.25, 0.3) is 0 Å². The van der Waals surface area contributed by atoms with E-state index in [0.717, 1.165) is 12.7 Å². The summed E-state index contributed by atoms with van der Waals surface area (Å²) in [7, 11) is -1.89. The summed E-state index contributed by atoms with van der Waals surface area (Å²) in [5.41, 5.74) is 2.91. The monoisotopic (exact) mass is 462 g/mol. The first-order valence-electron chi connectivity index (χ1n) is 12.7. The van der Waals surface area contributed by atoms with Gasteiger partial charge in [-0.3, -0.25) is 0 Å². The normalized spacial score (nSPS) is 19.0. The highest BCUT2D eigenvalue weighted by atomic mass is 28.3. The average Bonchev–Trinajstić information content (AvgIpc) is 2.99. The molecule has 0 aliphatic carbocycles.